The molecule has 1 saturated carbocycles. The topological polar surface area (TPSA) is 83.5 Å². The van der Waals surface area contributed by atoms with Crippen molar-refractivity contribution in [1.29, 1.82) is 0 Å². The molecule has 8 heteroatoms. The molecule has 0 amide bonds. The number of hydrogen-bond donors (Lipinski definition) is 2. The maximum absolute atomic E-state index is 12.3. The first-order chi connectivity index (χ1) is 8.85. The van der Waals surface area contributed by atoms with Gasteiger partial charge >= 0.3 is 5.97 Å². The maximum atomic E-state index is 12.3. The first kappa shape index (κ1) is 15.0. The highest BCUT2D eigenvalue weighted by atomic mass is 79.9. The molecule has 1 aliphatic carbocycles. The minimum Gasteiger partial charge on any atom is -0.481 e. The van der Waals surface area contributed by atoms with Gasteiger partial charge in [0.2, 0.25) is 0 Å². The predicted molar refractivity (Wildman–Crippen MR) is 75.8 cm³/mol. The standard InChI is InChI=1S/C11H14BrNO4S2/c12-8-3-6-18-10(8)19(16,17)13-11(7-9(14)15)4-1-2-5-11/h3,6,13H,1-2,4-5,7H2,(H,14,15). The molecule has 0 spiro atoms. The van der Waals surface area contributed by atoms with Crippen molar-refractivity contribution >= 4 is 43.3 Å². The largest absolute Gasteiger partial charge is 0.481 e. The van der Waals surface area contributed by atoms with Gasteiger partial charge in [0.25, 0.3) is 10.0 Å². The number of rotatable bonds is 5. The van der Waals surface area contributed by atoms with Gasteiger partial charge in [0.05, 0.1) is 6.42 Å². The average Bonchev–Trinajstić information content (AvgIpc) is 2.86. The molecule has 5 nitrogen and oxygen atoms in total. The highest BCUT2D eigenvalue weighted by Gasteiger charge is 2.40. The van der Waals surface area contributed by atoms with Crippen molar-refractivity contribution < 1.29 is 18.3 Å². The number of halogens is 1. The summed E-state index contributed by atoms with van der Waals surface area (Å²) in [6.45, 7) is 0. The normalized spacial score (nSPS) is 18.6. The Bertz CT molecular complexity index is 575. The predicted octanol–water partition coefficient (Wildman–Crippen LogP) is 2.58. The van der Waals surface area contributed by atoms with Gasteiger partial charge in [-0.2, -0.15) is 0 Å². The summed E-state index contributed by atoms with van der Waals surface area (Å²) in [5.41, 5.74) is -0.839. The van der Waals surface area contributed by atoms with Crippen molar-refractivity contribution in [3.8, 4) is 0 Å². The zero-order valence-corrected chi connectivity index (χ0v) is 13.3. The molecule has 2 N–H and O–H groups in total. The lowest BCUT2D eigenvalue weighted by Crippen LogP contribution is -2.47. The molecule has 0 aromatic carbocycles. The number of nitrogens with one attached hydrogen (secondary N) is 1. The zero-order chi connectivity index (χ0) is 14.1. The fraction of sp³-hybridized carbons (Fsp3) is 0.545. The molecule has 0 unspecified atom stereocenters. The summed E-state index contributed by atoms with van der Waals surface area (Å²) in [5.74, 6) is -0.977. The number of carboxylic acids is 1. The molecular formula is C11H14BrNO4S2. The van der Waals surface area contributed by atoms with E-state index < -0.39 is 21.5 Å². The number of carboxylic acid groups (broad SMARTS) is 1. The fourth-order valence-corrected chi connectivity index (χ4v) is 6.26. The van der Waals surface area contributed by atoms with Crippen LogP contribution < -0.4 is 4.72 Å². The quantitative estimate of drug-likeness (QED) is 0.837. The van der Waals surface area contributed by atoms with E-state index in [1.807, 2.05) is 0 Å². The van der Waals surface area contributed by atoms with E-state index in [0.29, 0.717) is 17.3 Å². The van der Waals surface area contributed by atoms with Gasteiger partial charge < -0.3 is 5.11 Å². The Kier molecular flexibility index (Phi) is 4.34. The number of thiophene rings is 1. The third kappa shape index (κ3) is 3.36. The molecule has 1 fully saturated rings. The Morgan fingerprint density at radius 3 is 2.58 bits per heavy atom. The second-order valence-electron chi connectivity index (χ2n) is 4.72. The van der Waals surface area contributed by atoms with E-state index in [0.717, 1.165) is 24.2 Å². The smallest absolute Gasteiger partial charge is 0.305 e. The molecule has 0 atom stereocenters. The molecule has 1 aliphatic rings. The summed E-state index contributed by atoms with van der Waals surface area (Å²) in [6, 6.07) is 1.66. The van der Waals surface area contributed by atoms with Crippen LogP contribution >= 0.6 is 27.3 Å². The van der Waals surface area contributed by atoms with Crippen molar-refractivity contribution in [2.45, 2.75) is 41.9 Å². The molecule has 106 valence electrons. The van der Waals surface area contributed by atoms with Gasteiger partial charge in [0.15, 0.2) is 0 Å². The van der Waals surface area contributed by atoms with E-state index >= 15 is 0 Å². The number of aliphatic carboxylic acids is 1. The minimum absolute atomic E-state index is 0.171. The van der Waals surface area contributed by atoms with E-state index in [9.17, 15) is 13.2 Å². The van der Waals surface area contributed by atoms with Crippen LogP contribution in [-0.2, 0) is 14.8 Å². The Hall–Kier alpha value is -0.440. The van der Waals surface area contributed by atoms with Crippen LogP contribution in [-0.4, -0.2) is 25.0 Å². The van der Waals surface area contributed by atoms with Gasteiger partial charge in [-0.3, -0.25) is 4.79 Å². The molecule has 19 heavy (non-hydrogen) atoms. The Balaban J connectivity index is 2.27. The van der Waals surface area contributed by atoms with Crippen molar-refractivity contribution in [1.82, 2.24) is 4.72 Å². The lowest BCUT2D eigenvalue weighted by atomic mass is 9.95. The van der Waals surface area contributed by atoms with Gasteiger partial charge in [-0.1, -0.05) is 12.8 Å². The Morgan fingerprint density at radius 2 is 2.11 bits per heavy atom. The number of hydrogen-bond acceptors (Lipinski definition) is 4. The van der Waals surface area contributed by atoms with Crippen LogP contribution in [0.4, 0.5) is 0 Å². The van der Waals surface area contributed by atoms with Crippen molar-refractivity contribution in [3.63, 3.8) is 0 Å². The van der Waals surface area contributed by atoms with Gasteiger partial charge in [-0.15, -0.1) is 11.3 Å². The van der Waals surface area contributed by atoms with E-state index in [2.05, 4.69) is 20.7 Å². The van der Waals surface area contributed by atoms with Crippen molar-refractivity contribution in [2.75, 3.05) is 0 Å². The molecular weight excluding hydrogens is 354 g/mol. The third-order valence-electron chi connectivity index (χ3n) is 3.23. The SMILES string of the molecule is O=C(O)CC1(NS(=O)(=O)c2sccc2Br)CCCC1. The lowest BCUT2D eigenvalue weighted by Gasteiger charge is -2.27. The molecule has 1 aromatic heterocycles. The molecule has 1 heterocycles. The monoisotopic (exact) mass is 367 g/mol. The van der Waals surface area contributed by atoms with Gasteiger partial charge in [0, 0.05) is 10.0 Å². The molecule has 0 saturated heterocycles. The highest BCUT2D eigenvalue weighted by Crippen LogP contribution is 2.36. The first-order valence-corrected chi connectivity index (χ1v) is 8.99. The molecule has 1 aromatic rings. The van der Waals surface area contributed by atoms with E-state index in [1.165, 1.54) is 0 Å². The lowest BCUT2D eigenvalue weighted by molar-refractivity contribution is -0.138. The van der Waals surface area contributed by atoms with Crippen LogP contribution in [0.15, 0.2) is 20.1 Å². The Morgan fingerprint density at radius 1 is 1.47 bits per heavy atom. The van der Waals surface area contributed by atoms with Crippen molar-refractivity contribution in [3.05, 3.63) is 15.9 Å². The molecule has 2 rings (SSSR count). The van der Waals surface area contributed by atoms with Crippen LogP contribution in [0.3, 0.4) is 0 Å². The average molecular weight is 368 g/mol. The molecule has 0 radical (unpaired) electrons. The summed E-state index contributed by atoms with van der Waals surface area (Å²) >= 11 is 4.31. The second-order valence-corrected chi connectivity index (χ2v) is 8.37. The number of sulfonamides is 1. The summed E-state index contributed by atoms with van der Waals surface area (Å²) in [7, 11) is -3.68. The van der Waals surface area contributed by atoms with E-state index in [1.54, 1.807) is 11.4 Å². The summed E-state index contributed by atoms with van der Waals surface area (Å²) in [4.78, 5) is 11.0. The fourth-order valence-electron chi connectivity index (χ4n) is 2.46. The highest BCUT2D eigenvalue weighted by molar-refractivity contribution is 9.10. The minimum atomic E-state index is -3.68. The zero-order valence-electron chi connectivity index (χ0n) is 10.1. The van der Waals surface area contributed by atoms with Crippen LogP contribution in [0, 0.1) is 0 Å². The van der Waals surface area contributed by atoms with Crippen molar-refractivity contribution in [2.24, 2.45) is 0 Å². The number of carbonyl (C=O) groups is 1. The molecule has 0 bridgehead atoms. The third-order valence-corrected chi connectivity index (χ3v) is 7.48. The maximum Gasteiger partial charge on any atom is 0.305 e. The van der Waals surface area contributed by atoms with Gasteiger partial charge in [-0.25, -0.2) is 13.1 Å². The second kappa shape index (κ2) is 5.51. The van der Waals surface area contributed by atoms with E-state index in [-0.39, 0.29) is 10.6 Å². The summed E-state index contributed by atoms with van der Waals surface area (Å²) < 4.78 is 28.0. The Labute approximate surface area is 124 Å². The van der Waals surface area contributed by atoms with E-state index in [4.69, 9.17) is 5.11 Å². The van der Waals surface area contributed by atoms with Crippen LogP contribution in [0.2, 0.25) is 0 Å². The summed E-state index contributed by atoms with van der Waals surface area (Å²) in [6.07, 6.45) is 2.67. The van der Waals surface area contributed by atoms with Crippen LogP contribution in [0.1, 0.15) is 32.1 Å². The van der Waals surface area contributed by atoms with Crippen LogP contribution in [0.25, 0.3) is 0 Å². The summed E-state index contributed by atoms with van der Waals surface area (Å²) in [5, 5.41) is 10.7. The van der Waals surface area contributed by atoms with Crippen LogP contribution in [0.5, 0.6) is 0 Å². The first-order valence-electron chi connectivity index (χ1n) is 5.83. The van der Waals surface area contributed by atoms with Gasteiger partial charge in [-0.05, 0) is 40.2 Å². The molecule has 0 aliphatic heterocycles. The van der Waals surface area contributed by atoms with Gasteiger partial charge in [0.1, 0.15) is 4.21 Å².